The maximum atomic E-state index is 5.74. The number of benzene rings is 1. The van der Waals surface area contributed by atoms with E-state index in [1.807, 2.05) is 0 Å². The molecular weight excluding hydrogens is 198 g/mol. The first-order valence-electron chi connectivity index (χ1n) is 6.10. The fourth-order valence-corrected chi connectivity index (χ4v) is 2.21. The van der Waals surface area contributed by atoms with Crippen molar-refractivity contribution >= 4 is 0 Å². The summed E-state index contributed by atoms with van der Waals surface area (Å²) >= 11 is 0. The predicted octanol–water partition coefficient (Wildman–Crippen LogP) is 0.593. The van der Waals surface area contributed by atoms with E-state index in [-0.39, 0.29) is 0 Å². The summed E-state index contributed by atoms with van der Waals surface area (Å²) in [6.07, 6.45) is 1.12. The highest BCUT2D eigenvalue weighted by molar-refractivity contribution is 5.27. The van der Waals surface area contributed by atoms with Crippen molar-refractivity contribution in [2.24, 2.45) is 5.73 Å². The molecule has 0 aliphatic carbocycles. The highest BCUT2D eigenvalue weighted by Crippen LogP contribution is 2.09. The smallest absolute Gasteiger partial charge is 0.0180 e. The summed E-state index contributed by atoms with van der Waals surface area (Å²) in [4.78, 5) is 2.52. The van der Waals surface area contributed by atoms with Gasteiger partial charge in [-0.1, -0.05) is 24.3 Å². The molecule has 0 radical (unpaired) electrons. The number of nitrogens with zero attached hydrogens (tertiary/aromatic N) is 1. The third-order valence-corrected chi connectivity index (χ3v) is 3.25. The number of nitrogens with one attached hydrogen (secondary N) is 1. The van der Waals surface area contributed by atoms with Crippen molar-refractivity contribution in [2.45, 2.75) is 13.0 Å². The molecule has 0 amide bonds. The number of piperazine rings is 1. The van der Waals surface area contributed by atoms with Crippen molar-refractivity contribution in [3.63, 3.8) is 0 Å². The van der Waals surface area contributed by atoms with Crippen molar-refractivity contribution in [1.82, 2.24) is 10.2 Å². The first-order chi connectivity index (χ1) is 7.90. The fourth-order valence-electron chi connectivity index (χ4n) is 2.21. The second-order valence-electron chi connectivity index (χ2n) is 4.31. The Kier molecular flexibility index (Phi) is 4.34. The Morgan fingerprint density at radius 2 is 1.81 bits per heavy atom. The Morgan fingerprint density at radius 3 is 2.50 bits per heavy atom. The monoisotopic (exact) mass is 219 g/mol. The molecule has 1 fully saturated rings. The first kappa shape index (κ1) is 11.6. The van der Waals surface area contributed by atoms with Crippen LogP contribution < -0.4 is 11.1 Å². The summed E-state index contributed by atoms with van der Waals surface area (Å²) in [6.45, 7) is 6.39. The van der Waals surface area contributed by atoms with Crippen molar-refractivity contribution in [1.29, 1.82) is 0 Å². The van der Waals surface area contributed by atoms with E-state index in [1.165, 1.54) is 24.2 Å². The van der Waals surface area contributed by atoms with Crippen LogP contribution in [0.3, 0.4) is 0 Å². The standard InChI is InChI=1S/C13H21N3/c14-11-13-4-2-1-3-12(13)5-8-16-9-6-15-7-10-16/h1-4,15H,5-11,14H2. The molecule has 1 saturated heterocycles. The largest absolute Gasteiger partial charge is 0.326 e. The lowest BCUT2D eigenvalue weighted by Gasteiger charge is -2.27. The van der Waals surface area contributed by atoms with E-state index in [9.17, 15) is 0 Å². The number of nitrogens with two attached hydrogens (primary N) is 1. The summed E-state index contributed by atoms with van der Waals surface area (Å²) in [5.74, 6) is 0. The zero-order valence-corrected chi connectivity index (χ0v) is 9.78. The van der Waals surface area contributed by atoms with Gasteiger partial charge in [0.1, 0.15) is 0 Å². The predicted molar refractivity (Wildman–Crippen MR) is 67.3 cm³/mol. The minimum atomic E-state index is 0.651. The van der Waals surface area contributed by atoms with Crippen LogP contribution >= 0.6 is 0 Å². The highest BCUT2D eigenvalue weighted by Gasteiger charge is 2.09. The molecule has 2 rings (SSSR count). The SMILES string of the molecule is NCc1ccccc1CCN1CCNCC1. The quantitative estimate of drug-likeness (QED) is 0.779. The lowest BCUT2D eigenvalue weighted by molar-refractivity contribution is 0.243. The number of hydrogen-bond acceptors (Lipinski definition) is 3. The normalized spacial score (nSPS) is 17.6. The van der Waals surface area contributed by atoms with E-state index in [2.05, 4.69) is 34.5 Å². The van der Waals surface area contributed by atoms with Crippen LogP contribution in [0.4, 0.5) is 0 Å². The summed E-state index contributed by atoms with van der Waals surface area (Å²) in [7, 11) is 0. The van der Waals surface area contributed by atoms with Gasteiger partial charge in [0, 0.05) is 39.3 Å². The minimum absolute atomic E-state index is 0.651. The molecule has 0 saturated carbocycles. The van der Waals surface area contributed by atoms with Crippen LogP contribution in [0, 0.1) is 0 Å². The van der Waals surface area contributed by atoms with Crippen LogP contribution in [-0.4, -0.2) is 37.6 Å². The van der Waals surface area contributed by atoms with Crippen molar-refractivity contribution < 1.29 is 0 Å². The van der Waals surface area contributed by atoms with E-state index >= 15 is 0 Å². The second kappa shape index (κ2) is 5.99. The lowest BCUT2D eigenvalue weighted by atomic mass is 10.0. The average molecular weight is 219 g/mol. The molecule has 0 bridgehead atoms. The molecule has 1 aliphatic rings. The molecule has 0 atom stereocenters. The Hall–Kier alpha value is -0.900. The molecule has 1 aliphatic heterocycles. The van der Waals surface area contributed by atoms with E-state index in [1.54, 1.807) is 0 Å². The third kappa shape index (κ3) is 3.04. The Bertz CT molecular complexity index is 319. The minimum Gasteiger partial charge on any atom is -0.326 e. The highest BCUT2D eigenvalue weighted by atomic mass is 15.2. The van der Waals surface area contributed by atoms with Gasteiger partial charge in [0.25, 0.3) is 0 Å². The van der Waals surface area contributed by atoms with Gasteiger partial charge in [-0.15, -0.1) is 0 Å². The molecule has 0 unspecified atom stereocenters. The van der Waals surface area contributed by atoms with Gasteiger partial charge in [-0.2, -0.15) is 0 Å². The van der Waals surface area contributed by atoms with Gasteiger partial charge in [-0.05, 0) is 17.5 Å². The number of hydrogen-bond donors (Lipinski definition) is 2. The van der Waals surface area contributed by atoms with Gasteiger partial charge in [0.15, 0.2) is 0 Å². The van der Waals surface area contributed by atoms with Crippen LogP contribution in [0.25, 0.3) is 0 Å². The molecule has 3 N–H and O–H groups in total. The Balaban J connectivity index is 1.88. The first-order valence-corrected chi connectivity index (χ1v) is 6.10. The van der Waals surface area contributed by atoms with Crippen molar-refractivity contribution in [3.05, 3.63) is 35.4 Å². The van der Waals surface area contributed by atoms with Crippen LogP contribution in [-0.2, 0) is 13.0 Å². The maximum absolute atomic E-state index is 5.74. The molecule has 0 aromatic heterocycles. The molecule has 1 aromatic carbocycles. The average Bonchev–Trinajstić information content (AvgIpc) is 2.38. The second-order valence-corrected chi connectivity index (χ2v) is 4.31. The molecule has 1 aromatic rings. The molecule has 0 spiro atoms. The van der Waals surface area contributed by atoms with Gasteiger partial charge in [-0.3, -0.25) is 0 Å². The lowest BCUT2D eigenvalue weighted by Crippen LogP contribution is -2.44. The van der Waals surface area contributed by atoms with Gasteiger partial charge < -0.3 is 16.0 Å². The van der Waals surface area contributed by atoms with E-state index in [0.717, 1.165) is 26.1 Å². The molecule has 1 heterocycles. The zero-order chi connectivity index (χ0) is 11.2. The number of rotatable bonds is 4. The summed E-state index contributed by atoms with van der Waals surface area (Å²) in [5.41, 5.74) is 8.43. The van der Waals surface area contributed by atoms with E-state index < -0.39 is 0 Å². The van der Waals surface area contributed by atoms with Crippen molar-refractivity contribution in [2.75, 3.05) is 32.7 Å². The van der Waals surface area contributed by atoms with E-state index in [4.69, 9.17) is 5.73 Å². The topological polar surface area (TPSA) is 41.3 Å². The fraction of sp³-hybridized carbons (Fsp3) is 0.538. The van der Waals surface area contributed by atoms with Crippen LogP contribution in [0.1, 0.15) is 11.1 Å². The summed E-state index contributed by atoms with van der Waals surface area (Å²) in [5, 5.41) is 3.37. The Morgan fingerprint density at radius 1 is 1.12 bits per heavy atom. The molecular formula is C13H21N3. The molecule has 3 heteroatoms. The van der Waals surface area contributed by atoms with Gasteiger partial charge in [-0.25, -0.2) is 0 Å². The van der Waals surface area contributed by atoms with Crippen LogP contribution in [0.5, 0.6) is 0 Å². The third-order valence-electron chi connectivity index (χ3n) is 3.25. The van der Waals surface area contributed by atoms with Crippen LogP contribution in [0.2, 0.25) is 0 Å². The Labute approximate surface area is 97.6 Å². The van der Waals surface area contributed by atoms with E-state index in [0.29, 0.717) is 6.54 Å². The zero-order valence-electron chi connectivity index (χ0n) is 9.78. The summed E-state index contributed by atoms with van der Waals surface area (Å²) in [6, 6.07) is 8.50. The van der Waals surface area contributed by atoms with Gasteiger partial charge in [0.05, 0.1) is 0 Å². The molecule has 3 nitrogen and oxygen atoms in total. The van der Waals surface area contributed by atoms with Crippen molar-refractivity contribution in [3.8, 4) is 0 Å². The van der Waals surface area contributed by atoms with Gasteiger partial charge in [0.2, 0.25) is 0 Å². The summed E-state index contributed by atoms with van der Waals surface area (Å²) < 4.78 is 0. The molecule has 16 heavy (non-hydrogen) atoms. The van der Waals surface area contributed by atoms with Gasteiger partial charge >= 0.3 is 0 Å². The maximum Gasteiger partial charge on any atom is 0.0180 e. The molecule has 88 valence electrons. The van der Waals surface area contributed by atoms with Crippen LogP contribution in [0.15, 0.2) is 24.3 Å².